The molecule has 0 amide bonds. The Morgan fingerprint density at radius 2 is 1.13 bits per heavy atom. The van der Waals surface area contributed by atoms with Gasteiger partial charge in [0, 0.05) is 39.6 Å². The van der Waals surface area contributed by atoms with Gasteiger partial charge in [0.1, 0.15) is 24.9 Å². The molecule has 266 valence electrons. The van der Waals surface area contributed by atoms with E-state index in [0.717, 1.165) is 49.7 Å². The van der Waals surface area contributed by atoms with E-state index in [4.69, 9.17) is 4.42 Å². The van der Waals surface area contributed by atoms with Crippen LogP contribution in [0, 0.1) is 22.2 Å². The highest BCUT2D eigenvalue weighted by Crippen LogP contribution is 2.32. The van der Waals surface area contributed by atoms with Gasteiger partial charge in [-0.1, -0.05) is 98.4 Å². The van der Waals surface area contributed by atoms with Gasteiger partial charge in [0.2, 0.25) is 0 Å². The Hall–Kier alpha value is -6.63. The van der Waals surface area contributed by atoms with Gasteiger partial charge in [-0.3, -0.25) is 0 Å². The summed E-state index contributed by atoms with van der Waals surface area (Å²) < 4.78 is 44.6. The number of nitrogens with one attached hydrogen (secondary N) is 2. The molecule has 5 nitrogen and oxygen atoms in total. The van der Waals surface area contributed by atoms with Crippen molar-refractivity contribution >= 4 is 43.2 Å². The smallest absolute Gasteiger partial charge is 0.456 e. The molecule has 2 N–H and O–H groups in total. The lowest BCUT2D eigenvalue weighted by atomic mass is 9.88. The highest BCUT2D eigenvalue weighted by molar-refractivity contribution is 6.83. The lowest BCUT2D eigenvalue weighted by Crippen LogP contribution is -2.56. The van der Waals surface area contributed by atoms with Crippen molar-refractivity contribution in [3.63, 3.8) is 0 Å². The summed E-state index contributed by atoms with van der Waals surface area (Å²) in [7, 11) is -1.58. The Morgan fingerprint density at radius 3 is 1.75 bits per heavy atom. The van der Waals surface area contributed by atoms with Crippen molar-refractivity contribution in [2.75, 3.05) is 0 Å². The van der Waals surface area contributed by atoms with E-state index in [9.17, 15) is 0 Å². The molecule has 55 heavy (non-hydrogen) atoms. The van der Waals surface area contributed by atoms with Crippen LogP contribution in [-0.2, 0) is 0 Å². The number of allylic oxidation sites excluding steroid dienone is 1. The number of aromatic nitrogens is 3. The van der Waals surface area contributed by atoms with Crippen LogP contribution in [-0.4, -0.2) is 39.7 Å². The first-order valence-electron chi connectivity index (χ1n) is 18.5. The third-order valence-electron chi connectivity index (χ3n) is 10.4. The van der Waals surface area contributed by atoms with Crippen LogP contribution in [0.4, 0.5) is 8.63 Å². The zero-order valence-corrected chi connectivity index (χ0v) is 31.5. The van der Waals surface area contributed by atoms with Gasteiger partial charge in [-0.2, -0.15) is 0 Å². The molecule has 0 saturated carbocycles. The maximum atomic E-state index is 17.7. The molecule has 3 aliphatic rings. The molecular formula is C46H35BF2N4OSi. The van der Waals surface area contributed by atoms with Gasteiger partial charge in [-0.25, -0.2) is 0 Å². The summed E-state index contributed by atoms with van der Waals surface area (Å²) in [6.07, 6.45) is 3.61. The number of aromatic amines is 2. The quantitative estimate of drug-likeness (QED) is 0.162. The van der Waals surface area contributed by atoms with Crippen LogP contribution in [0.25, 0.3) is 22.4 Å². The lowest BCUT2D eigenvalue weighted by molar-refractivity contribution is -0.318. The topological polar surface area (TPSA) is 52.7 Å². The third kappa shape index (κ3) is 5.40. The van der Waals surface area contributed by atoms with Gasteiger partial charge in [-0.15, -0.1) is 5.54 Å². The van der Waals surface area contributed by atoms with Crippen molar-refractivity contribution in [2.24, 2.45) is 0 Å². The van der Waals surface area contributed by atoms with Crippen LogP contribution in [0.2, 0.25) is 19.6 Å². The number of furan rings is 1. The number of nitrogens with zero attached hydrogens (tertiary/aromatic N) is 2. The molecule has 8 bridgehead atoms. The van der Waals surface area contributed by atoms with E-state index in [0.29, 0.717) is 44.3 Å². The molecule has 9 heteroatoms. The maximum absolute atomic E-state index is 17.7. The summed E-state index contributed by atoms with van der Waals surface area (Å²) in [6, 6.07) is 43.2. The minimum atomic E-state index is -4.38. The van der Waals surface area contributed by atoms with Crippen molar-refractivity contribution < 1.29 is 17.5 Å². The van der Waals surface area contributed by atoms with Crippen molar-refractivity contribution in [1.82, 2.24) is 14.4 Å². The molecule has 0 unspecified atom stereocenters. The number of H-pyrrole nitrogens is 2. The molecule has 7 heterocycles. The Bertz CT molecular complexity index is 3200. The Kier molecular flexibility index (Phi) is 7.32. The molecule has 0 radical (unpaired) electrons. The monoisotopic (exact) mass is 736 g/mol. The minimum Gasteiger partial charge on any atom is -0.456 e. The molecule has 0 aliphatic carbocycles. The summed E-state index contributed by atoms with van der Waals surface area (Å²) in [6.45, 7) is 2.26. The van der Waals surface area contributed by atoms with Crippen molar-refractivity contribution in [1.29, 1.82) is 0 Å². The minimum absolute atomic E-state index is 0.387. The molecule has 3 aliphatic heterocycles. The second kappa shape index (κ2) is 12.2. The molecule has 7 aromatic rings. The van der Waals surface area contributed by atoms with E-state index < -0.39 is 15.0 Å². The second-order valence-electron chi connectivity index (χ2n) is 15.2. The molecule has 0 spiro atoms. The summed E-state index contributed by atoms with van der Waals surface area (Å²) in [5.41, 5.74) is 10.3. The molecule has 0 fully saturated rings. The highest BCUT2D eigenvalue weighted by Gasteiger charge is 2.53. The largest absolute Gasteiger partial charge is 0.738 e. The molecule has 4 aromatic heterocycles. The number of hydrogen-bond donors (Lipinski definition) is 2. The van der Waals surface area contributed by atoms with E-state index in [2.05, 4.69) is 41.1 Å². The van der Waals surface area contributed by atoms with Crippen LogP contribution in [0.1, 0.15) is 33.8 Å². The normalized spacial score (nSPS) is 15.4. The average molecular weight is 737 g/mol. The predicted octanol–water partition coefficient (Wildman–Crippen LogP) is 6.33. The number of halogens is 2. The summed E-state index contributed by atoms with van der Waals surface area (Å²) in [5.74, 6) is 4.64. The van der Waals surface area contributed by atoms with E-state index >= 15 is 8.63 Å². The predicted molar refractivity (Wildman–Crippen MR) is 217 cm³/mol. The SMILES string of the molecule is C[Si](C)(C)C#Cc1ccc(C2=c3ccc4n3[B-](F)(F)[N+]3=C2C=CC3=c2ccc([nH]2)=C(c2ccccc2)c2ccc(o2)C(c2ccccc2)=c2ccc=4[nH]2)cc1. The van der Waals surface area contributed by atoms with Crippen molar-refractivity contribution in [2.45, 2.75) is 19.6 Å². The molecule has 3 aromatic carbocycles. The Balaban J connectivity index is 1.36. The van der Waals surface area contributed by atoms with Crippen LogP contribution >= 0.6 is 0 Å². The van der Waals surface area contributed by atoms with Gasteiger partial charge in [0.05, 0.1) is 21.6 Å². The van der Waals surface area contributed by atoms with E-state index in [1.807, 2.05) is 133 Å². The Labute approximate surface area is 316 Å². The standard InChI is InChI=1S/C46H35BF2N4OSi/c1-55(2,3)29-28-30-14-16-33(17-15-30)46-40-24-22-38-34-18-20-36(50-34)44(31-10-6-4-7-11-31)42-26-27-43(54-42)45(32-12-8-5-9-13-32)37-21-19-35(51-37)39-23-25-41(46)53(39)47(48,49)52(38)40/h4-27,50-51H,1-3H3. The van der Waals surface area contributed by atoms with Crippen molar-refractivity contribution in [3.05, 3.63) is 211 Å². The molecule has 0 saturated heterocycles. The van der Waals surface area contributed by atoms with E-state index in [-0.39, 0.29) is 0 Å². The number of benzene rings is 3. The lowest BCUT2D eigenvalue weighted by Gasteiger charge is -2.29. The fourth-order valence-electron chi connectivity index (χ4n) is 7.99. The van der Waals surface area contributed by atoms with Gasteiger partial charge in [0.25, 0.3) is 0 Å². The first-order chi connectivity index (χ1) is 26.6. The first kappa shape index (κ1) is 33.0. The van der Waals surface area contributed by atoms with Crippen LogP contribution in [0.15, 0.2) is 150 Å². The van der Waals surface area contributed by atoms with Crippen LogP contribution in [0.3, 0.4) is 0 Å². The molecule has 0 atom stereocenters. The zero-order chi connectivity index (χ0) is 37.5. The summed E-state index contributed by atoms with van der Waals surface area (Å²) in [4.78, 5) is 7.07. The fourth-order valence-corrected chi connectivity index (χ4v) is 8.51. The second-order valence-corrected chi connectivity index (χ2v) is 20.0. The molecule has 10 rings (SSSR count). The average Bonchev–Trinajstić information content (AvgIpc) is 4.03. The van der Waals surface area contributed by atoms with Gasteiger partial charge >= 0.3 is 6.97 Å². The van der Waals surface area contributed by atoms with Gasteiger partial charge < -0.3 is 32.0 Å². The van der Waals surface area contributed by atoms with Crippen LogP contribution < -0.4 is 21.4 Å². The summed E-state index contributed by atoms with van der Waals surface area (Å²) >= 11 is 0. The van der Waals surface area contributed by atoms with Gasteiger partial charge in [0.15, 0.2) is 11.4 Å². The Morgan fingerprint density at radius 1 is 0.582 bits per heavy atom. The number of fused-ring (bicyclic) bond motifs is 6. The number of hydrogen-bond acceptors (Lipinski definition) is 1. The number of rotatable bonds is 3. The van der Waals surface area contributed by atoms with E-state index in [1.54, 1.807) is 12.1 Å². The van der Waals surface area contributed by atoms with E-state index in [1.165, 1.54) is 8.96 Å². The van der Waals surface area contributed by atoms with Gasteiger partial charge in [-0.05, 0) is 77.4 Å². The third-order valence-corrected chi connectivity index (χ3v) is 11.3. The molecular weight excluding hydrogens is 701 g/mol. The summed E-state index contributed by atoms with van der Waals surface area (Å²) in [5, 5.41) is 3.48. The fraction of sp³-hybridized carbons (Fsp3) is 0.0652. The maximum Gasteiger partial charge on any atom is 0.738 e. The van der Waals surface area contributed by atoms with Crippen LogP contribution in [0.5, 0.6) is 0 Å². The first-order valence-corrected chi connectivity index (χ1v) is 22.0. The highest BCUT2D eigenvalue weighted by atomic mass is 28.3. The van der Waals surface area contributed by atoms with Crippen molar-refractivity contribution in [3.8, 4) is 11.5 Å². The zero-order valence-electron chi connectivity index (χ0n) is 30.5.